The molecule has 1 rings (SSSR count). The fourth-order valence-electron chi connectivity index (χ4n) is 1.44. The Morgan fingerprint density at radius 1 is 1.50 bits per heavy atom. The van der Waals surface area contributed by atoms with Gasteiger partial charge in [0.15, 0.2) is 0 Å². The Bertz CT molecular complexity index is 420. The second-order valence-electron chi connectivity index (χ2n) is 4.30. The van der Waals surface area contributed by atoms with E-state index in [0.29, 0.717) is 11.6 Å². The monoisotopic (exact) mass is 252 g/mol. The van der Waals surface area contributed by atoms with Crippen LogP contribution < -0.4 is 21.3 Å². The zero-order valence-electron chi connectivity index (χ0n) is 11.2. The molecule has 0 radical (unpaired) electrons. The maximum absolute atomic E-state index is 11.6. The van der Waals surface area contributed by atoms with Crippen LogP contribution in [0.1, 0.15) is 13.8 Å². The number of nitrogens with zero attached hydrogens (tertiary/aromatic N) is 3. The van der Waals surface area contributed by atoms with Gasteiger partial charge in [-0.15, -0.1) is 0 Å². The van der Waals surface area contributed by atoms with Gasteiger partial charge in [0.1, 0.15) is 11.6 Å². The van der Waals surface area contributed by atoms with Crippen LogP contribution in [0.2, 0.25) is 0 Å². The summed E-state index contributed by atoms with van der Waals surface area (Å²) in [6.45, 7) is 4.05. The van der Waals surface area contributed by atoms with Crippen LogP contribution in [0.3, 0.4) is 0 Å². The first-order valence-electron chi connectivity index (χ1n) is 5.75. The van der Waals surface area contributed by atoms with Crippen molar-refractivity contribution in [2.45, 2.75) is 19.9 Å². The zero-order valence-corrected chi connectivity index (χ0v) is 11.2. The summed E-state index contributed by atoms with van der Waals surface area (Å²) in [5.41, 5.74) is 5.59. The third kappa shape index (κ3) is 4.08. The molecule has 0 aliphatic carbocycles. The summed E-state index contributed by atoms with van der Waals surface area (Å²) in [5.74, 6) is 1.34. The molecule has 4 N–H and O–H groups in total. The lowest BCUT2D eigenvalue weighted by Gasteiger charge is -2.19. The van der Waals surface area contributed by atoms with E-state index in [9.17, 15) is 4.79 Å². The summed E-state index contributed by atoms with van der Waals surface area (Å²) in [4.78, 5) is 21.4. The standard InChI is InChI=1S/C11H20N6O/c1-7(2)14-10(18)6-17(4)9-5-8(13-3)15-11(12)16-9/h5,7H,6H2,1-4H3,(H,14,18)(H3,12,13,15,16). The number of carbonyl (C=O) groups is 1. The van der Waals surface area contributed by atoms with E-state index in [1.165, 1.54) is 0 Å². The van der Waals surface area contributed by atoms with Crippen LogP contribution in [0.4, 0.5) is 17.6 Å². The maximum Gasteiger partial charge on any atom is 0.239 e. The molecule has 0 saturated carbocycles. The molecule has 1 aromatic heterocycles. The quantitative estimate of drug-likeness (QED) is 0.686. The van der Waals surface area contributed by atoms with Crippen molar-refractivity contribution in [2.75, 3.05) is 36.6 Å². The van der Waals surface area contributed by atoms with E-state index in [1.807, 2.05) is 13.8 Å². The molecule has 0 aliphatic heterocycles. The predicted octanol–water partition coefficient (Wildman–Crippen LogP) is 0.0613. The number of aromatic nitrogens is 2. The Balaban J connectivity index is 2.74. The van der Waals surface area contributed by atoms with Gasteiger partial charge in [0.05, 0.1) is 6.54 Å². The summed E-state index contributed by atoms with van der Waals surface area (Å²) >= 11 is 0. The van der Waals surface area contributed by atoms with Crippen molar-refractivity contribution in [3.8, 4) is 0 Å². The molecule has 100 valence electrons. The van der Waals surface area contributed by atoms with Crippen LogP contribution >= 0.6 is 0 Å². The molecule has 0 atom stereocenters. The number of rotatable bonds is 5. The number of hydrogen-bond acceptors (Lipinski definition) is 6. The molecule has 1 heterocycles. The third-order valence-electron chi connectivity index (χ3n) is 2.21. The molecule has 18 heavy (non-hydrogen) atoms. The number of amides is 1. The van der Waals surface area contributed by atoms with Gasteiger partial charge in [-0.3, -0.25) is 4.79 Å². The van der Waals surface area contributed by atoms with Gasteiger partial charge in [-0.1, -0.05) is 0 Å². The van der Waals surface area contributed by atoms with E-state index in [-0.39, 0.29) is 24.4 Å². The van der Waals surface area contributed by atoms with Crippen molar-refractivity contribution in [2.24, 2.45) is 0 Å². The second kappa shape index (κ2) is 6.04. The number of hydrogen-bond donors (Lipinski definition) is 3. The first-order chi connectivity index (χ1) is 8.42. The van der Waals surface area contributed by atoms with Crippen LogP contribution in [0.25, 0.3) is 0 Å². The average molecular weight is 252 g/mol. The van der Waals surface area contributed by atoms with Gasteiger partial charge >= 0.3 is 0 Å². The Hall–Kier alpha value is -2.05. The molecule has 0 spiro atoms. The number of anilines is 3. The molecule has 0 saturated heterocycles. The first kappa shape index (κ1) is 14.0. The molecule has 0 fully saturated rings. The summed E-state index contributed by atoms with van der Waals surface area (Å²) in [7, 11) is 3.53. The lowest BCUT2D eigenvalue weighted by Crippen LogP contribution is -2.38. The molecule has 1 aromatic rings. The molecule has 0 aromatic carbocycles. The highest BCUT2D eigenvalue weighted by atomic mass is 16.2. The molecule has 1 amide bonds. The van der Waals surface area contributed by atoms with Crippen molar-refractivity contribution in [1.82, 2.24) is 15.3 Å². The smallest absolute Gasteiger partial charge is 0.239 e. The van der Waals surface area contributed by atoms with Crippen molar-refractivity contribution in [3.05, 3.63) is 6.07 Å². The second-order valence-corrected chi connectivity index (χ2v) is 4.30. The number of nitrogens with one attached hydrogen (secondary N) is 2. The molecular formula is C11H20N6O. The van der Waals surface area contributed by atoms with Gasteiger partial charge in [-0.25, -0.2) is 0 Å². The topological polar surface area (TPSA) is 96.2 Å². The minimum Gasteiger partial charge on any atom is -0.373 e. The van der Waals surface area contributed by atoms with E-state index in [2.05, 4.69) is 20.6 Å². The maximum atomic E-state index is 11.6. The van der Waals surface area contributed by atoms with Crippen LogP contribution in [0.15, 0.2) is 6.07 Å². The minimum atomic E-state index is -0.0595. The highest BCUT2D eigenvalue weighted by Gasteiger charge is 2.11. The Kier molecular flexibility index (Phi) is 4.70. The number of nitrogen functional groups attached to an aromatic ring is 1. The first-order valence-corrected chi connectivity index (χ1v) is 5.75. The fraction of sp³-hybridized carbons (Fsp3) is 0.545. The fourth-order valence-corrected chi connectivity index (χ4v) is 1.44. The summed E-state index contributed by atoms with van der Waals surface area (Å²) in [6.07, 6.45) is 0. The van der Waals surface area contributed by atoms with Crippen LogP contribution in [0, 0.1) is 0 Å². The van der Waals surface area contributed by atoms with E-state index >= 15 is 0 Å². The van der Waals surface area contributed by atoms with Crippen molar-refractivity contribution < 1.29 is 4.79 Å². The number of nitrogens with two attached hydrogens (primary N) is 1. The summed E-state index contributed by atoms with van der Waals surface area (Å²) in [5, 5.41) is 5.71. The summed E-state index contributed by atoms with van der Waals surface area (Å²) in [6, 6.07) is 1.85. The molecule has 0 aliphatic rings. The largest absolute Gasteiger partial charge is 0.373 e. The summed E-state index contributed by atoms with van der Waals surface area (Å²) < 4.78 is 0. The van der Waals surface area contributed by atoms with Crippen molar-refractivity contribution >= 4 is 23.5 Å². The van der Waals surface area contributed by atoms with E-state index < -0.39 is 0 Å². The Morgan fingerprint density at radius 2 is 2.17 bits per heavy atom. The molecule has 0 unspecified atom stereocenters. The van der Waals surface area contributed by atoms with Gasteiger partial charge in [-0.05, 0) is 13.8 Å². The highest BCUT2D eigenvalue weighted by molar-refractivity contribution is 5.81. The van der Waals surface area contributed by atoms with Crippen molar-refractivity contribution in [1.29, 1.82) is 0 Å². The lowest BCUT2D eigenvalue weighted by molar-refractivity contribution is -0.120. The van der Waals surface area contributed by atoms with Crippen molar-refractivity contribution in [3.63, 3.8) is 0 Å². The highest BCUT2D eigenvalue weighted by Crippen LogP contribution is 2.14. The van der Waals surface area contributed by atoms with Gasteiger partial charge in [0, 0.05) is 26.2 Å². The van der Waals surface area contributed by atoms with Crippen LogP contribution in [0.5, 0.6) is 0 Å². The SMILES string of the molecule is CNc1cc(N(C)CC(=O)NC(C)C)nc(N)n1. The third-order valence-corrected chi connectivity index (χ3v) is 2.21. The van der Waals surface area contributed by atoms with Gasteiger partial charge in [-0.2, -0.15) is 9.97 Å². The predicted molar refractivity (Wildman–Crippen MR) is 72.5 cm³/mol. The Morgan fingerprint density at radius 3 is 2.72 bits per heavy atom. The zero-order chi connectivity index (χ0) is 13.7. The van der Waals surface area contributed by atoms with Gasteiger partial charge in [0.2, 0.25) is 11.9 Å². The molecule has 7 heteroatoms. The average Bonchev–Trinajstić information content (AvgIpc) is 2.26. The van der Waals surface area contributed by atoms with Gasteiger partial charge < -0.3 is 21.3 Å². The van der Waals surface area contributed by atoms with Crippen LogP contribution in [-0.2, 0) is 4.79 Å². The normalized spacial score (nSPS) is 10.3. The van der Waals surface area contributed by atoms with Crippen LogP contribution in [-0.4, -0.2) is 42.6 Å². The molecule has 7 nitrogen and oxygen atoms in total. The van der Waals surface area contributed by atoms with E-state index in [1.54, 1.807) is 25.1 Å². The Labute approximate surface area is 107 Å². The number of carbonyl (C=O) groups excluding carboxylic acids is 1. The number of likely N-dealkylation sites (N-methyl/N-ethyl adjacent to an activating group) is 1. The van der Waals surface area contributed by atoms with E-state index in [0.717, 1.165) is 0 Å². The molecular weight excluding hydrogens is 232 g/mol. The van der Waals surface area contributed by atoms with E-state index in [4.69, 9.17) is 5.73 Å². The van der Waals surface area contributed by atoms with Gasteiger partial charge in [0.25, 0.3) is 0 Å². The minimum absolute atomic E-state index is 0.0595. The molecule has 0 bridgehead atoms. The lowest BCUT2D eigenvalue weighted by atomic mass is 10.3.